The van der Waals surface area contributed by atoms with Gasteiger partial charge in [0.25, 0.3) is 0 Å². The van der Waals surface area contributed by atoms with E-state index in [1.807, 2.05) is 0 Å². The van der Waals surface area contributed by atoms with E-state index in [9.17, 15) is 4.39 Å². The van der Waals surface area contributed by atoms with E-state index in [-0.39, 0.29) is 16.6 Å². The van der Waals surface area contributed by atoms with Gasteiger partial charge in [-0.3, -0.25) is 0 Å². The van der Waals surface area contributed by atoms with Gasteiger partial charge in [-0.15, -0.1) is 0 Å². The molecule has 0 aliphatic carbocycles. The summed E-state index contributed by atoms with van der Waals surface area (Å²) in [7, 11) is 0. The van der Waals surface area contributed by atoms with Gasteiger partial charge >= 0.3 is 0 Å². The molecule has 0 aliphatic heterocycles. The SMILES string of the molecule is OCc1ccc(Cl)c(Br)c1F. The summed E-state index contributed by atoms with van der Waals surface area (Å²) < 4.78 is 13.2. The van der Waals surface area contributed by atoms with Gasteiger partial charge in [0.05, 0.1) is 16.1 Å². The molecule has 60 valence electrons. The number of rotatable bonds is 1. The largest absolute Gasteiger partial charge is 0.392 e. The Labute approximate surface area is 76.9 Å². The van der Waals surface area contributed by atoms with Crippen LogP contribution in [0, 0.1) is 5.82 Å². The maximum absolute atomic E-state index is 13.0. The highest BCUT2D eigenvalue weighted by Gasteiger charge is 2.08. The molecule has 0 heterocycles. The fourth-order valence-electron chi connectivity index (χ4n) is 0.688. The average molecular weight is 239 g/mol. The highest BCUT2D eigenvalue weighted by Crippen LogP contribution is 2.27. The molecule has 0 saturated carbocycles. The number of aliphatic hydroxyl groups is 1. The molecule has 0 saturated heterocycles. The molecular formula is C7H5BrClFO. The minimum atomic E-state index is -0.500. The van der Waals surface area contributed by atoms with Crippen molar-refractivity contribution in [3.63, 3.8) is 0 Å². The molecule has 11 heavy (non-hydrogen) atoms. The fraction of sp³-hybridized carbons (Fsp3) is 0.143. The molecule has 0 aromatic heterocycles. The van der Waals surface area contributed by atoms with Crippen LogP contribution >= 0.6 is 27.5 Å². The molecule has 0 unspecified atom stereocenters. The quantitative estimate of drug-likeness (QED) is 0.747. The van der Waals surface area contributed by atoms with Crippen molar-refractivity contribution in [2.75, 3.05) is 0 Å². The Balaban J connectivity index is 3.25. The van der Waals surface area contributed by atoms with Crippen LogP contribution in [0.2, 0.25) is 5.02 Å². The van der Waals surface area contributed by atoms with Crippen LogP contribution in [-0.2, 0) is 6.61 Å². The standard InChI is InChI=1S/C7H5BrClFO/c8-6-5(9)2-1-4(3-11)7(6)10/h1-2,11H,3H2. The van der Waals surface area contributed by atoms with Crippen molar-refractivity contribution in [1.29, 1.82) is 0 Å². The summed E-state index contributed by atoms with van der Waals surface area (Å²) in [6.45, 7) is -0.318. The number of aliphatic hydroxyl groups excluding tert-OH is 1. The molecule has 1 aromatic carbocycles. The summed E-state index contributed by atoms with van der Waals surface area (Å²) in [4.78, 5) is 0. The molecule has 1 rings (SSSR count). The lowest BCUT2D eigenvalue weighted by Gasteiger charge is -2.01. The van der Waals surface area contributed by atoms with Crippen molar-refractivity contribution in [2.45, 2.75) is 6.61 Å². The van der Waals surface area contributed by atoms with E-state index in [0.29, 0.717) is 5.02 Å². The lowest BCUT2D eigenvalue weighted by molar-refractivity contribution is 0.275. The van der Waals surface area contributed by atoms with Crippen molar-refractivity contribution < 1.29 is 9.50 Å². The summed E-state index contributed by atoms with van der Waals surface area (Å²) in [5.74, 6) is -0.500. The minimum Gasteiger partial charge on any atom is -0.392 e. The van der Waals surface area contributed by atoms with Gasteiger partial charge < -0.3 is 5.11 Å². The summed E-state index contributed by atoms with van der Waals surface area (Å²) in [5, 5.41) is 8.94. The Kier molecular flexibility index (Phi) is 2.87. The number of benzene rings is 1. The molecule has 4 heteroatoms. The lowest BCUT2D eigenvalue weighted by atomic mass is 10.2. The van der Waals surface area contributed by atoms with E-state index < -0.39 is 5.82 Å². The zero-order chi connectivity index (χ0) is 8.43. The van der Waals surface area contributed by atoms with Gasteiger partial charge in [0, 0.05) is 5.56 Å². The van der Waals surface area contributed by atoms with E-state index in [2.05, 4.69) is 15.9 Å². The first kappa shape index (κ1) is 8.97. The first-order valence-corrected chi connectivity index (χ1v) is 4.07. The summed E-state index contributed by atoms with van der Waals surface area (Å²) in [6, 6.07) is 2.97. The predicted octanol–water partition coefficient (Wildman–Crippen LogP) is 2.73. The van der Waals surface area contributed by atoms with Crippen molar-refractivity contribution >= 4 is 27.5 Å². The van der Waals surface area contributed by atoms with Crippen molar-refractivity contribution in [3.05, 3.63) is 33.0 Å². The first-order chi connectivity index (χ1) is 5.16. The van der Waals surface area contributed by atoms with Crippen molar-refractivity contribution in [3.8, 4) is 0 Å². The number of hydrogen-bond acceptors (Lipinski definition) is 1. The second kappa shape index (κ2) is 3.52. The second-order valence-electron chi connectivity index (χ2n) is 1.99. The molecule has 0 aliphatic rings. The van der Waals surface area contributed by atoms with Crippen LogP contribution in [0.25, 0.3) is 0 Å². The molecule has 0 atom stereocenters. The third-order valence-electron chi connectivity index (χ3n) is 1.29. The van der Waals surface area contributed by atoms with Gasteiger partial charge in [-0.1, -0.05) is 17.7 Å². The van der Waals surface area contributed by atoms with Gasteiger partial charge in [-0.05, 0) is 22.0 Å². The fourth-order valence-corrected chi connectivity index (χ4v) is 1.22. The van der Waals surface area contributed by atoms with Crippen LogP contribution in [-0.4, -0.2) is 5.11 Å². The van der Waals surface area contributed by atoms with Crippen molar-refractivity contribution in [2.24, 2.45) is 0 Å². The van der Waals surface area contributed by atoms with Gasteiger partial charge in [-0.2, -0.15) is 0 Å². The molecule has 0 bridgehead atoms. The van der Waals surface area contributed by atoms with E-state index >= 15 is 0 Å². The van der Waals surface area contributed by atoms with Crippen LogP contribution in [0.15, 0.2) is 16.6 Å². The molecule has 0 radical (unpaired) electrons. The highest BCUT2D eigenvalue weighted by atomic mass is 79.9. The molecular weight excluding hydrogens is 234 g/mol. The zero-order valence-corrected chi connectivity index (χ0v) is 7.78. The zero-order valence-electron chi connectivity index (χ0n) is 5.44. The van der Waals surface area contributed by atoms with Crippen LogP contribution in [0.1, 0.15) is 5.56 Å². The van der Waals surface area contributed by atoms with Crippen LogP contribution < -0.4 is 0 Å². The molecule has 0 spiro atoms. The number of halogens is 3. The lowest BCUT2D eigenvalue weighted by Crippen LogP contribution is -1.90. The monoisotopic (exact) mass is 238 g/mol. The van der Waals surface area contributed by atoms with E-state index in [0.717, 1.165) is 0 Å². The van der Waals surface area contributed by atoms with Crippen LogP contribution in [0.4, 0.5) is 4.39 Å². The minimum absolute atomic E-state index is 0.200. The topological polar surface area (TPSA) is 20.2 Å². The Morgan fingerprint density at radius 3 is 2.73 bits per heavy atom. The van der Waals surface area contributed by atoms with Gasteiger partial charge in [0.15, 0.2) is 0 Å². The third kappa shape index (κ3) is 1.72. The molecule has 1 aromatic rings. The predicted molar refractivity (Wildman–Crippen MR) is 45.0 cm³/mol. The second-order valence-corrected chi connectivity index (χ2v) is 3.19. The van der Waals surface area contributed by atoms with Crippen LogP contribution in [0.5, 0.6) is 0 Å². The Hall–Kier alpha value is -0.120. The molecule has 1 N–H and O–H groups in total. The normalized spacial score (nSPS) is 10.2. The Morgan fingerprint density at radius 2 is 2.18 bits per heavy atom. The number of hydrogen-bond donors (Lipinski definition) is 1. The highest BCUT2D eigenvalue weighted by molar-refractivity contribution is 9.10. The summed E-state index contributed by atoms with van der Waals surface area (Å²) in [5.41, 5.74) is 0.237. The summed E-state index contributed by atoms with van der Waals surface area (Å²) in [6.07, 6.45) is 0. The first-order valence-electron chi connectivity index (χ1n) is 2.90. The Bertz CT molecular complexity index is 277. The maximum Gasteiger partial charge on any atom is 0.144 e. The van der Waals surface area contributed by atoms with E-state index in [1.165, 1.54) is 12.1 Å². The van der Waals surface area contributed by atoms with Gasteiger partial charge in [0.2, 0.25) is 0 Å². The van der Waals surface area contributed by atoms with E-state index in [4.69, 9.17) is 16.7 Å². The Morgan fingerprint density at radius 1 is 1.55 bits per heavy atom. The smallest absolute Gasteiger partial charge is 0.144 e. The summed E-state index contributed by atoms with van der Waals surface area (Å²) >= 11 is 8.53. The maximum atomic E-state index is 13.0. The molecule has 1 nitrogen and oxygen atoms in total. The van der Waals surface area contributed by atoms with Crippen molar-refractivity contribution in [1.82, 2.24) is 0 Å². The van der Waals surface area contributed by atoms with Crippen LogP contribution in [0.3, 0.4) is 0 Å². The van der Waals surface area contributed by atoms with Gasteiger partial charge in [-0.25, -0.2) is 4.39 Å². The van der Waals surface area contributed by atoms with Gasteiger partial charge in [0.1, 0.15) is 5.82 Å². The average Bonchev–Trinajstić information content (AvgIpc) is 2.01. The van der Waals surface area contributed by atoms with E-state index in [1.54, 1.807) is 0 Å². The third-order valence-corrected chi connectivity index (χ3v) is 2.60. The molecule has 0 fully saturated rings. The molecule has 0 amide bonds.